The van der Waals surface area contributed by atoms with Crippen molar-refractivity contribution >= 4 is 11.9 Å². The summed E-state index contributed by atoms with van der Waals surface area (Å²) in [5, 5.41) is 39.6. The van der Waals surface area contributed by atoms with Crippen molar-refractivity contribution in [1.82, 2.24) is 0 Å². The lowest BCUT2D eigenvalue weighted by Crippen LogP contribution is -2.44. The molecule has 3 rings (SSSR count). The van der Waals surface area contributed by atoms with Crippen LogP contribution in [0.2, 0.25) is 0 Å². The number of hydrogen-bond acceptors (Lipinski definition) is 7. The molecule has 37 heavy (non-hydrogen) atoms. The van der Waals surface area contributed by atoms with Gasteiger partial charge in [-0.15, -0.1) is 0 Å². The number of carbonyl (C=O) groups is 2. The molecule has 0 radical (unpaired) electrons. The minimum atomic E-state index is -1.11. The Kier molecular flexibility index (Phi) is 9.93. The van der Waals surface area contributed by atoms with Gasteiger partial charge in [-0.05, 0) is 68.6 Å². The molecule has 8 heteroatoms. The second-order valence-corrected chi connectivity index (χ2v) is 10.6. The van der Waals surface area contributed by atoms with Gasteiger partial charge in [0.15, 0.2) is 6.10 Å². The Hall–Kier alpha value is -2.68. The van der Waals surface area contributed by atoms with Crippen molar-refractivity contribution in [2.45, 2.75) is 90.3 Å². The fourth-order valence-corrected chi connectivity index (χ4v) is 5.54. The smallest absolute Gasteiger partial charge is 0.347 e. The van der Waals surface area contributed by atoms with Gasteiger partial charge < -0.3 is 29.9 Å². The Balaban J connectivity index is 1.70. The van der Waals surface area contributed by atoms with E-state index in [2.05, 4.69) is 13.0 Å². The number of para-hydroxylation sites is 1. The first-order chi connectivity index (χ1) is 17.5. The number of carbonyl (C=O) groups excluding carboxylic acids is 1. The number of allylic oxidation sites excluding steroid dienone is 2. The standard InChI is InChI=1S/C29H40O8/c1-16-8-9-20-12-22(31)14-25(27(20)24(16)11-10-21(30)13-23(32)15-26(33)34)37-29(35)19(4)36-28-17(2)6-5-7-18(28)3/h5-9,12,16,19,21-25,27,30-32H,10-11,13-15H2,1-4H3,(H,33,34)/t16-,19?,21?,22+,23+,24-,25-,27-/m0/s1. The summed E-state index contributed by atoms with van der Waals surface area (Å²) in [6.45, 7) is 7.57. The molecular weight excluding hydrogens is 476 g/mol. The third kappa shape index (κ3) is 7.66. The lowest BCUT2D eigenvalue weighted by molar-refractivity contribution is -0.162. The van der Waals surface area contributed by atoms with E-state index in [1.54, 1.807) is 13.0 Å². The topological polar surface area (TPSA) is 134 Å². The summed E-state index contributed by atoms with van der Waals surface area (Å²) >= 11 is 0. The largest absolute Gasteiger partial charge is 0.481 e. The number of carboxylic acid groups (broad SMARTS) is 1. The maximum absolute atomic E-state index is 13.1. The van der Waals surface area contributed by atoms with Gasteiger partial charge in [0.25, 0.3) is 0 Å². The quantitative estimate of drug-likeness (QED) is 0.329. The monoisotopic (exact) mass is 516 g/mol. The molecule has 204 valence electrons. The van der Waals surface area contributed by atoms with Crippen LogP contribution in [0.5, 0.6) is 5.75 Å². The predicted octanol–water partition coefficient (Wildman–Crippen LogP) is 3.48. The predicted molar refractivity (Wildman–Crippen MR) is 138 cm³/mol. The fourth-order valence-electron chi connectivity index (χ4n) is 5.54. The Bertz CT molecular complexity index is 995. The molecule has 0 fully saturated rings. The first-order valence-corrected chi connectivity index (χ1v) is 13.1. The normalized spacial score (nSPS) is 27.4. The molecule has 2 unspecified atom stereocenters. The number of rotatable bonds is 11. The SMILES string of the molecule is Cc1cccc(C)c1OC(C)C(=O)O[C@H]1C[C@H](O)C=C2C=C[C@H](C)[C@H](CCC(O)C[C@@H](O)CC(=O)O)[C@H]21. The van der Waals surface area contributed by atoms with Gasteiger partial charge in [0.2, 0.25) is 0 Å². The molecule has 0 saturated carbocycles. The third-order valence-corrected chi connectivity index (χ3v) is 7.46. The minimum Gasteiger partial charge on any atom is -0.481 e. The average Bonchev–Trinajstić information content (AvgIpc) is 2.80. The van der Waals surface area contributed by atoms with E-state index >= 15 is 0 Å². The van der Waals surface area contributed by atoms with E-state index in [-0.39, 0.29) is 30.6 Å². The van der Waals surface area contributed by atoms with E-state index in [4.69, 9.17) is 14.6 Å². The number of benzene rings is 1. The highest BCUT2D eigenvalue weighted by molar-refractivity contribution is 5.75. The van der Waals surface area contributed by atoms with E-state index in [0.717, 1.165) is 16.7 Å². The summed E-state index contributed by atoms with van der Waals surface area (Å²) < 4.78 is 11.9. The highest BCUT2D eigenvalue weighted by Gasteiger charge is 2.42. The van der Waals surface area contributed by atoms with Crippen molar-refractivity contribution < 1.29 is 39.5 Å². The molecule has 2 aliphatic carbocycles. The minimum absolute atomic E-state index is 0.0130. The Labute approximate surface area is 218 Å². The summed E-state index contributed by atoms with van der Waals surface area (Å²) in [6, 6.07) is 5.77. The van der Waals surface area contributed by atoms with Gasteiger partial charge in [-0.3, -0.25) is 4.79 Å². The van der Waals surface area contributed by atoms with Gasteiger partial charge in [0, 0.05) is 12.3 Å². The molecule has 0 aliphatic heterocycles. The van der Waals surface area contributed by atoms with Gasteiger partial charge in [-0.2, -0.15) is 0 Å². The van der Waals surface area contributed by atoms with Crippen LogP contribution >= 0.6 is 0 Å². The number of carboxylic acids is 1. The molecule has 8 nitrogen and oxygen atoms in total. The highest BCUT2D eigenvalue weighted by atomic mass is 16.6. The van der Waals surface area contributed by atoms with E-state index < -0.39 is 48.9 Å². The molecule has 0 heterocycles. The zero-order valence-electron chi connectivity index (χ0n) is 22.0. The molecule has 0 saturated heterocycles. The van der Waals surface area contributed by atoms with Crippen LogP contribution in [-0.4, -0.2) is 62.9 Å². The highest BCUT2D eigenvalue weighted by Crippen LogP contribution is 2.44. The molecular formula is C29H40O8. The van der Waals surface area contributed by atoms with Crippen LogP contribution < -0.4 is 4.74 Å². The van der Waals surface area contributed by atoms with Crippen molar-refractivity contribution in [2.24, 2.45) is 17.8 Å². The molecule has 0 spiro atoms. The van der Waals surface area contributed by atoms with Crippen molar-refractivity contribution in [3.63, 3.8) is 0 Å². The molecule has 0 aromatic heterocycles. The van der Waals surface area contributed by atoms with Crippen molar-refractivity contribution in [3.05, 3.63) is 53.1 Å². The van der Waals surface area contributed by atoms with Gasteiger partial charge in [-0.25, -0.2) is 4.79 Å². The Morgan fingerprint density at radius 1 is 1.14 bits per heavy atom. The van der Waals surface area contributed by atoms with Gasteiger partial charge in [0.1, 0.15) is 11.9 Å². The number of hydrogen-bond donors (Lipinski definition) is 4. The van der Waals surface area contributed by atoms with E-state index in [0.29, 0.717) is 18.6 Å². The maximum atomic E-state index is 13.1. The van der Waals surface area contributed by atoms with Crippen LogP contribution in [0.3, 0.4) is 0 Å². The second kappa shape index (κ2) is 12.7. The van der Waals surface area contributed by atoms with E-state index in [9.17, 15) is 24.9 Å². The second-order valence-electron chi connectivity index (χ2n) is 10.6. The first kappa shape index (κ1) is 28.9. The summed E-state index contributed by atoms with van der Waals surface area (Å²) in [7, 11) is 0. The van der Waals surface area contributed by atoms with E-state index in [1.165, 1.54) is 0 Å². The van der Waals surface area contributed by atoms with Crippen molar-refractivity contribution in [2.75, 3.05) is 0 Å². The number of aliphatic carboxylic acids is 1. The van der Waals surface area contributed by atoms with Crippen LogP contribution in [0, 0.1) is 31.6 Å². The number of esters is 1. The molecule has 8 atom stereocenters. The zero-order valence-corrected chi connectivity index (χ0v) is 22.0. The number of aliphatic hydroxyl groups excluding tert-OH is 3. The van der Waals surface area contributed by atoms with Crippen molar-refractivity contribution in [1.29, 1.82) is 0 Å². The number of aliphatic hydroxyl groups is 3. The van der Waals surface area contributed by atoms with Crippen LogP contribution in [0.4, 0.5) is 0 Å². The number of ether oxygens (including phenoxy) is 2. The lowest BCUT2D eigenvalue weighted by atomic mass is 9.66. The fraction of sp³-hybridized carbons (Fsp3) is 0.586. The third-order valence-electron chi connectivity index (χ3n) is 7.46. The molecule has 4 N–H and O–H groups in total. The lowest BCUT2D eigenvalue weighted by Gasteiger charge is -2.43. The van der Waals surface area contributed by atoms with Crippen LogP contribution in [0.25, 0.3) is 0 Å². The van der Waals surface area contributed by atoms with Gasteiger partial charge in [0.05, 0.1) is 24.7 Å². The molecule has 1 aromatic rings. The van der Waals surface area contributed by atoms with Crippen LogP contribution in [0.1, 0.15) is 57.1 Å². The average molecular weight is 517 g/mol. The summed E-state index contributed by atoms with van der Waals surface area (Å²) in [6.07, 6.45) is 2.55. The number of aryl methyl sites for hydroxylation is 2. The first-order valence-electron chi connectivity index (χ1n) is 13.1. The van der Waals surface area contributed by atoms with E-state index in [1.807, 2.05) is 38.1 Å². The van der Waals surface area contributed by atoms with Crippen LogP contribution in [-0.2, 0) is 14.3 Å². The van der Waals surface area contributed by atoms with Gasteiger partial charge >= 0.3 is 11.9 Å². The Morgan fingerprint density at radius 2 is 1.81 bits per heavy atom. The maximum Gasteiger partial charge on any atom is 0.347 e. The Morgan fingerprint density at radius 3 is 2.46 bits per heavy atom. The van der Waals surface area contributed by atoms with Gasteiger partial charge in [-0.1, -0.05) is 43.4 Å². The zero-order chi connectivity index (χ0) is 27.3. The molecule has 2 aliphatic rings. The summed E-state index contributed by atoms with van der Waals surface area (Å²) in [5.74, 6) is -0.945. The number of fused-ring (bicyclic) bond motifs is 1. The molecule has 0 bridgehead atoms. The molecule has 0 amide bonds. The summed E-state index contributed by atoms with van der Waals surface area (Å²) in [5.41, 5.74) is 2.76. The molecule has 1 aromatic carbocycles. The summed E-state index contributed by atoms with van der Waals surface area (Å²) in [4.78, 5) is 23.9. The van der Waals surface area contributed by atoms with Crippen molar-refractivity contribution in [3.8, 4) is 5.75 Å². The van der Waals surface area contributed by atoms with Crippen LogP contribution in [0.15, 0.2) is 42.0 Å².